The van der Waals surface area contributed by atoms with Crippen molar-refractivity contribution >= 4 is 34.6 Å². The number of hydrogen-bond acceptors (Lipinski definition) is 12. The van der Waals surface area contributed by atoms with Crippen LogP contribution in [0.4, 0.5) is 0 Å². The van der Waals surface area contributed by atoms with Crippen molar-refractivity contribution < 1.29 is 28.6 Å². The van der Waals surface area contributed by atoms with Crippen molar-refractivity contribution in [1.82, 2.24) is 13.7 Å². The molecule has 4 aromatic rings. The Morgan fingerprint density at radius 1 is 0.456 bits per heavy atom. The van der Waals surface area contributed by atoms with E-state index in [9.17, 15) is 44.6 Å². The highest BCUT2D eigenvalue weighted by Gasteiger charge is 2.22. The van der Waals surface area contributed by atoms with Crippen LogP contribution in [0.2, 0.25) is 0 Å². The van der Waals surface area contributed by atoms with Gasteiger partial charge in [0.15, 0.2) is 0 Å². The second kappa shape index (κ2) is 18.5. The first-order valence-corrected chi connectivity index (χ1v) is 17.5. The maximum Gasteiger partial charge on any atom is 0.349 e. The largest absolute Gasteiger partial charge is 0.462 e. The molecule has 57 heavy (non-hydrogen) atoms. The van der Waals surface area contributed by atoms with Gasteiger partial charge in [-0.3, -0.25) is 0 Å². The molecule has 0 atom stereocenters. The molecule has 0 radical (unpaired) electrons. The fraction of sp³-hybridized carbons (Fsp3) is 0.214. The summed E-state index contributed by atoms with van der Waals surface area (Å²) in [6.45, 7) is 9.62. The van der Waals surface area contributed by atoms with Crippen LogP contribution in [0.1, 0.15) is 58.2 Å². The van der Waals surface area contributed by atoms with Crippen LogP contribution in [0.15, 0.2) is 104 Å². The monoisotopic (exact) mass is 768 g/mol. The number of nitrogens with zero attached hydrogens (tertiary/aromatic N) is 6. The highest BCUT2D eigenvalue weighted by atomic mass is 16.5. The van der Waals surface area contributed by atoms with Crippen molar-refractivity contribution in [3.8, 4) is 35.3 Å². The summed E-state index contributed by atoms with van der Waals surface area (Å²) < 4.78 is 17.2. The normalized spacial score (nSPS) is 12.1. The molecule has 0 aliphatic carbocycles. The van der Waals surface area contributed by atoms with Crippen LogP contribution in [-0.2, 0) is 28.6 Å². The molecule has 0 saturated carbocycles. The van der Waals surface area contributed by atoms with Crippen molar-refractivity contribution in [2.75, 3.05) is 19.8 Å². The molecule has 0 aliphatic heterocycles. The maximum absolute atomic E-state index is 14.2. The van der Waals surface area contributed by atoms with E-state index >= 15 is 0 Å². The summed E-state index contributed by atoms with van der Waals surface area (Å²) >= 11 is 0. The minimum Gasteiger partial charge on any atom is -0.462 e. The lowest BCUT2D eigenvalue weighted by Crippen LogP contribution is -2.52. The molecule has 0 unspecified atom stereocenters. The second-order valence-corrected chi connectivity index (χ2v) is 12.0. The summed E-state index contributed by atoms with van der Waals surface area (Å²) in [4.78, 5) is 79.8. The number of carbonyl (C=O) groups excluding carboxylic acids is 3. The van der Waals surface area contributed by atoms with Gasteiger partial charge >= 0.3 is 35.0 Å². The summed E-state index contributed by atoms with van der Waals surface area (Å²) in [5.74, 6) is -2.43. The fourth-order valence-electron chi connectivity index (χ4n) is 5.68. The van der Waals surface area contributed by atoms with E-state index in [1.54, 1.807) is 41.5 Å². The van der Waals surface area contributed by atoms with Crippen LogP contribution in [0.5, 0.6) is 0 Å². The Balaban J connectivity index is 1.99. The average Bonchev–Trinajstić information content (AvgIpc) is 3.19. The zero-order chi connectivity index (χ0) is 42.0. The smallest absolute Gasteiger partial charge is 0.349 e. The van der Waals surface area contributed by atoms with Crippen LogP contribution in [-0.4, -0.2) is 51.4 Å². The standard InChI is InChI=1S/C42H36N6O9/c1-7-55-37(49)34(22-43)25(4)28-10-16-31(17-11-28)46-40(52)47(32-18-12-29(13-19-32)26(5)35(23-44)38(50)56-8-2)42(54)48(41(46)53)33-20-14-30(15-21-33)27(6)36(24-45)39(51)57-9-3/h10-21H,7-9H2,1-6H3/b34-25+,35-26+,36-27+. The van der Waals surface area contributed by atoms with E-state index in [0.717, 1.165) is 13.7 Å². The van der Waals surface area contributed by atoms with Gasteiger partial charge in [0.2, 0.25) is 0 Å². The lowest BCUT2D eigenvalue weighted by atomic mass is 10.0. The zero-order valence-electron chi connectivity index (χ0n) is 31.9. The van der Waals surface area contributed by atoms with Gasteiger partial charge in [0.05, 0.1) is 36.9 Å². The first-order valence-electron chi connectivity index (χ1n) is 17.5. The molecule has 15 nitrogen and oxygen atoms in total. The average molecular weight is 769 g/mol. The molecule has 0 fully saturated rings. The quantitative estimate of drug-likeness (QED) is 0.0828. The number of carbonyl (C=O) groups is 3. The Hall–Kier alpha value is -7.83. The summed E-state index contributed by atoms with van der Waals surface area (Å²) in [5.41, 5.74) is -1.60. The zero-order valence-corrected chi connectivity index (χ0v) is 31.9. The van der Waals surface area contributed by atoms with Gasteiger partial charge in [0.1, 0.15) is 34.9 Å². The minimum absolute atomic E-state index is 0.0330. The molecule has 0 saturated heterocycles. The number of rotatable bonds is 12. The van der Waals surface area contributed by atoms with Crippen LogP contribution in [0, 0.1) is 34.0 Å². The lowest BCUT2D eigenvalue weighted by Gasteiger charge is -2.16. The summed E-state index contributed by atoms with van der Waals surface area (Å²) in [5, 5.41) is 28.9. The van der Waals surface area contributed by atoms with Gasteiger partial charge in [-0.2, -0.15) is 15.8 Å². The fourth-order valence-corrected chi connectivity index (χ4v) is 5.68. The number of hydrogen-bond donors (Lipinski definition) is 0. The third-order valence-electron chi connectivity index (χ3n) is 8.72. The molecular weight excluding hydrogens is 732 g/mol. The third-order valence-corrected chi connectivity index (χ3v) is 8.72. The van der Waals surface area contributed by atoms with Crippen molar-refractivity contribution in [3.63, 3.8) is 0 Å². The van der Waals surface area contributed by atoms with Crippen molar-refractivity contribution in [3.05, 3.63) is 138 Å². The molecule has 0 aliphatic rings. The number of esters is 3. The van der Waals surface area contributed by atoms with Gasteiger partial charge < -0.3 is 14.2 Å². The molecule has 0 N–H and O–H groups in total. The van der Waals surface area contributed by atoms with Gasteiger partial charge in [-0.15, -0.1) is 0 Å². The maximum atomic E-state index is 14.2. The van der Waals surface area contributed by atoms with Gasteiger partial charge in [-0.1, -0.05) is 36.4 Å². The first kappa shape index (κ1) is 41.9. The minimum atomic E-state index is -1.04. The van der Waals surface area contributed by atoms with Crippen LogP contribution < -0.4 is 17.1 Å². The van der Waals surface area contributed by atoms with Crippen LogP contribution in [0.3, 0.4) is 0 Å². The Bertz CT molecular complexity index is 2330. The molecule has 0 spiro atoms. The van der Waals surface area contributed by atoms with Gasteiger partial charge in [-0.05, 0) is 111 Å². The number of aromatic nitrogens is 3. The molecule has 15 heteroatoms. The Kier molecular flexibility index (Phi) is 13.6. The highest BCUT2D eigenvalue weighted by molar-refractivity contribution is 6.02. The Morgan fingerprint density at radius 2 is 0.667 bits per heavy atom. The van der Waals surface area contributed by atoms with E-state index in [-0.39, 0.29) is 70.3 Å². The van der Waals surface area contributed by atoms with E-state index in [1.165, 1.54) is 72.8 Å². The van der Waals surface area contributed by atoms with Crippen molar-refractivity contribution in [2.45, 2.75) is 41.5 Å². The van der Waals surface area contributed by atoms with Crippen molar-refractivity contribution in [1.29, 1.82) is 15.8 Å². The van der Waals surface area contributed by atoms with Gasteiger partial charge in [0.25, 0.3) is 0 Å². The predicted molar refractivity (Wildman–Crippen MR) is 208 cm³/mol. The molecule has 288 valence electrons. The molecule has 4 rings (SSSR count). The summed E-state index contributed by atoms with van der Waals surface area (Å²) in [6, 6.07) is 23.0. The molecule has 0 amide bonds. The van der Waals surface area contributed by atoms with E-state index in [0.29, 0.717) is 16.7 Å². The summed E-state index contributed by atoms with van der Waals surface area (Å²) in [6.07, 6.45) is 0. The SMILES string of the molecule is CCOC(=O)/C(C#N)=C(\C)c1ccc(-n2c(=O)n(-c3ccc(/C(C)=C(\C#N)C(=O)OCC)cc3)c(=O)n(-c3ccc(/C(C)=C(\C#N)C(=O)OCC)cc3)c2=O)cc1. The van der Waals surface area contributed by atoms with Gasteiger partial charge in [-0.25, -0.2) is 42.5 Å². The van der Waals surface area contributed by atoms with Crippen molar-refractivity contribution in [2.24, 2.45) is 0 Å². The highest BCUT2D eigenvalue weighted by Crippen LogP contribution is 2.23. The lowest BCUT2D eigenvalue weighted by molar-refractivity contribution is -0.138. The molecule has 1 heterocycles. The Morgan fingerprint density at radius 3 is 0.842 bits per heavy atom. The van der Waals surface area contributed by atoms with E-state index in [4.69, 9.17) is 14.2 Å². The van der Waals surface area contributed by atoms with Crippen LogP contribution in [0.25, 0.3) is 33.8 Å². The Labute approximate surface area is 326 Å². The first-order chi connectivity index (χ1) is 27.3. The van der Waals surface area contributed by atoms with E-state index in [2.05, 4.69) is 0 Å². The number of allylic oxidation sites excluding steroid dienone is 3. The molecular formula is C42H36N6O9. The van der Waals surface area contributed by atoms with Gasteiger partial charge in [0, 0.05) is 0 Å². The van der Waals surface area contributed by atoms with Crippen LogP contribution >= 0.6 is 0 Å². The molecule has 3 aromatic carbocycles. The number of ether oxygens (including phenoxy) is 3. The predicted octanol–water partition coefficient (Wildman–Crippen LogP) is 4.72. The molecule has 1 aromatic heterocycles. The number of nitriles is 3. The third kappa shape index (κ3) is 8.62. The van der Waals surface area contributed by atoms with E-state index < -0.39 is 35.0 Å². The number of benzene rings is 3. The molecule has 0 bridgehead atoms. The summed E-state index contributed by atoms with van der Waals surface area (Å²) in [7, 11) is 0. The van der Waals surface area contributed by atoms with E-state index in [1.807, 2.05) is 18.2 Å². The second-order valence-electron chi connectivity index (χ2n) is 12.0. The topological polar surface area (TPSA) is 216 Å².